The number of nitrogens with one attached hydrogen (secondary N) is 2. The lowest BCUT2D eigenvalue weighted by molar-refractivity contribution is 0.104. The molecule has 0 unspecified atom stereocenters. The first-order valence-corrected chi connectivity index (χ1v) is 14.8. The molecule has 3 aromatic heterocycles. The Balaban J connectivity index is 1.23. The maximum atomic E-state index is 13.3. The van der Waals surface area contributed by atoms with Gasteiger partial charge < -0.3 is 10.4 Å². The number of aromatic nitrogens is 2. The summed E-state index contributed by atoms with van der Waals surface area (Å²) in [5.41, 5.74) is 2.84. The largest absolute Gasteiger partial charge is 0.393 e. The molecule has 0 spiro atoms. The van der Waals surface area contributed by atoms with Gasteiger partial charge in [0.1, 0.15) is 12.1 Å². The topological polar surface area (TPSA) is 145 Å². The zero-order valence-electron chi connectivity index (χ0n) is 19.3. The second-order valence-corrected chi connectivity index (χ2v) is 12.4. The summed E-state index contributed by atoms with van der Waals surface area (Å²) >= 11 is 3.22. The average Bonchev–Trinajstić information content (AvgIpc) is 3.57. The highest BCUT2D eigenvalue weighted by molar-refractivity contribution is 7.83. The van der Waals surface area contributed by atoms with E-state index in [9.17, 15) is 18.3 Å². The molecular weight excluding hydrogens is 522 g/mol. The van der Waals surface area contributed by atoms with E-state index in [1.807, 2.05) is 27.5 Å². The Morgan fingerprint density at radius 1 is 1.28 bits per heavy atom. The number of aliphatic hydroxyl groups is 1. The number of anilines is 1. The molecule has 1 fully saturated rings. The van der Waals surface area contributed by atoms with Crippen molar-refractivity contribution in [3.8, 4) is 0 Å². The Hall–Kier alpha value is -2.26. The summed E-state index contributed by atoms with van der Waals surface area (Å²) in [5, 5.41) is 17.7. The van der Waals surface area contributed by atoms with Crippen molar-refractivity contribution in [3.63, 3.8) is 0 Å². The van der Waals surface area contributed by atoms with Gasteiger partial charge in [0.25, 0.3) is 0 Å². The fraction of sp³-hybridized carbons (Fsp3) is 0.435. The smallest absolute Gasteiger partial charge is 0.333 e. The molecular formula is C23H27N5O5S3. The lowest BCUT2D eigenvalue weighted by atomic mass is 10.1. The summed E-state index contributed by atoms with van der Waals surface area (Å²) in [6, 6.07) is 3.91. The fourth-order valence-electron chi connectivity index (χ4n) is 4.87. The van der Waals surface area contributed by atoms with Gasteiger partial charge in [-0.15, -0.1) is 22.7 Å². The number of hydrogen-bond donors (Lipinski definition) is 4. The van der Waals surface area contributed by atoms with E-state index in [4.69, 9.17) is 4.55 Å². The number of hydrogen-bond acceptors (Lipinski definition) is 10. The number of rotatable bonds is 9. The molecule has 192 valence electrons. The summed E-state index contributed by atoms with van der Waals surface area (Å²) in [6.45, 7) is 2.64. The molecule has 3 aromatic rings. The van der Waals surface area contributed by atoms with Crippen LogP contribution in [0, 0.1) is 5.92 Å². The minimum absolute atomic E-state index is 0.0730. The molecule has 36 heavy (non-hydrogen) atoms. The van der Waals surface area contributed by atoms with Gasteiger partial charge in [0, 0.05) is 49.2 Å². The van der Waals surface area contributed by atoms with Gasteiger partial charge in [-0.2, -0.15) is 13.1 Å². The van der Waals surface area contributed by atoms with Crippen LogP contribution in [0.25, 0.3) is 0 Å². The van der Waals surface area contributed by atoms with Crippen molar-refractivity contribution in [1.82, 2.24) is 19.6 Å². The normalized spacial score (nSPS) is 22.4. The van der Waals surface area contributed by atoms with Crippen molar-refractivity contribution in [2.24, 2.45) is 5.92 Å². The average molecular weight is 550 g/mol. The van der Waals surface area contributed by atoms with E-state index in [-0.39, 0.29) is 24.3 Å². The van der Waals surface area contributed by atoms with Crippen molar-refractivity contribution >= 4 is 44.6 Å². The van der Waals surface area contributed by atoms with Crippen molar-refractivity contribution in [2.45, 2.75) is 44.5 Å². The van der Waals surface area contributed by atoms with Gasteiger partial charge >= 0.3 is 10.3 Å². The summed E-state index contributed by atoms with van der Waals surface area (Å²) in [7, 11) is -4.33. The van der Waals surface area contributed by atoms with Gasteiger partial charge in [-0.25, -0.2) is 9.97 Å². The lowest BCUT2D eigenvalue weighted by Crippen LogP contribution is -2.32. The van der Waals surface area contributed by atoms with Crippen molar-refractivity contribution < 1.29 is 22.9 Å². The predicted molar refractivity (Wildman–Crippen MR) is 138 cm³/mol. The SMILES string of the molecule is O=C(c1cc(CN2CCc3sccc3C2)cs1)c1cncnc1N[C@@H]1C[C@H](CNS(=O)(=O)O)[C@@H](O)C1. The second-order valence-electron chi connectivity index (χ2n) is 9.23. The van der Waals surface area contributed by atoms with Gasteiger partial charge in [-0.1, -0.05) is 0 Å². The molecule has 4 N–H and O–H groups in total. The Kier molecular flexibility index (Phi) is 7.49. The maximum absolute atomic E-state index is 13.3. The molecule has 0 aromatic carbocycles. The molecule has 0 amide bonds. The van der Waals surface area contributed by atoms with E-state index in [1.165, 1.54) is 34.3 Å². The Morgan fingerprint density at radius 2 is 2.14 bits per heavy atom. The zero-order chi connectivity index (χ0) is 25.3. The second kappa shape index (κ2) is 10.6. The van der Waals surface area contributed by atoms with Crippen LogP contribution in [0.2, 0.25) is 0 Å². The number of fused-ring (bicyclic) bond motifs is 1. The van der Waals surface area contributed by atoms with Gasteiger partial charge in [-0.3, -0.25) is 14.2 Å². The number of carbonyl (C=O) groups excluding carboxylic acids is 1. The quantitative estimate of drug-likeness (QED) is 0.233. The van der Waals surface area contributed by atoms with Gasteiger partial charge in [0.2, 0.25) is 5.78 Å². The molecule has 10 nitrogen and oxygen atoms in total. The van der Waals surface area contributed by atoms with E-state index in [0.717, 1.165) is 31.6 Å². The maximum Gasteiger partial charge on any atom is 0.333 e. The van der Waals surface area contributed by atoms with Crippen molar-refractivity contribution in [1.29, 1.82) is 0 Å². The fourth-order valence-corrected chi connectivity index (χ4v) is 7.04. The Bertz CT molecular complexity index is 1340. The number of thiophene rings is 2. The highest BCUT2D eigenvalue weighted by atomic mass is 32.2. The summed E-state index contributed by atoms with van der Waals surface area (Å²) in [5.74, 6) is -0.159. The highest BCUT2D eigenvalue weighted by Gasteiger charge is 2.34. The molecule has 13 heteroatoms. The number of nitrogens with zero attached hydrogens (tertiary/aromatic N) is 3. The van der Waals surface area contributed by atoms with Crippen LogP contribution in [0.4, 0.5) is 5.82 Å². The Morgan fingerprint density at radius 3 is 2.97 bits per heavy atom. The van der Waals surface area contributed by atoms with Gasteiger partial charge in [0.05, 0.1) is 16.5 Å². The zero-order valence-corrected chi connectivity index (χ0v) is 21.8. The van der Waals surface area contributed by atoms with E-state index in [1.54, 1.807) is 0 Å². The Labute approximate surface area is 217 Å². The third-order valence-corrected chi connectivity index (χ3v) is 9.19. The van der Waals surface area contributed by atoms with Crippen LogP contribution in [0.1, 0.15) is 44.1 Å². The van der Waals surface area contributed by atoms with E-state index < -0.39 is 16.4 Å². The molecule has 0 bridgehead atoms. The van der Waals surface area contributed by atoms with Gasteiger partial charge in [-0.05, 0) is 53.3 Å². The summed E-state index contributed by atoms with van der Waals surface area (Å²) in [6.07, 6.45) is 3.96. The van der Waals surface area contributed by atoms with Crippen LogP contribution in [0.15, 0.2) is 35.4 Å². The van der Waals surface area contributed by atoms with Crippen molar-refractivity contribution in [2.75, 3.05) is 18.4 Å². The van der Waals surface area contributed by atoms with E-state index >= 15 is 0 Å². The highest BCUT2D eigenvalue weighted by Crippen LogP contribution is 2.30. The first kappa shape index (κ1) is 25.4. The predicted octanol–water partition coefficient (Wildman–Crippen LogP) is 2.33. The standard InChI is InChI=1S/C23H27N5O5S3/c29-19-7-17(6-16(19)8-26-36(31,32)33)27-23-18(9-24-13-25-23)22(30)21-5-14(12-35-21)10-28-3-1-20-15(11-28)2-4-34-20/h2,4-5,9,12-13,16-17,19,26,29H,1,3,6-8,10-11H2,(H,24,25,27)(H,31,32,33)/t16-,17-,19+/m1/s1. The molecule has 5 rings (SSSR count). The minimum Gasteiger partial charge on any atom is -0.393 e. The van der Waals surface area contributed by atoms with E-state index in [0.29, 0.717) is 29.1 Å². The molecule has 1 saturated carbocycles. The molecule has 3 atom stereocenters. The number of carbonyl (C=O) groups is 1. The molecule has 2 aliphatic rings. The third-order valence-electron chi connectivity index (χ3n) is 6.65. The van der Waals surface area contributed by atoms with Crippen LogP contribution in [-0.2, 0) is 29.8 Å². The van der Waals surface area contributed by atoms with Crippen LogP contribution >= 0.6 is 22.7 Å². The van der Waals surface area contributed by atoms with E-state index in [2.05, 4.69) is 31.6 Å². The number of ketones is 1. The van der Waals surface area contributed by atoms with Crippen LogP contribution in [-0.4, -0.2) is 64.0 Å². The first-order chi connectivity index (χ1) is 17.2. The van der Waals surface area contributed by atoms with Gasteiger partial charge in [0.15, 0.2) is 0 Å². The molecule has 0 radical (unpaired) electrons. The minimum atomic E-state index is -4.33. The number of aliphatic hydroxyl groups excluding tert-OH is 1. The molecule has 4 heterocycles. The monoisotopic (exact) mass is 549 g/mol. The third kappa shape index (κ3) is 5.99. The van der Waals surface area contributed by atoms with Crippen LogP contribution in [0.3, 0.4) is 0 Å². The summed E-state index contributed by atoms with van der Waals surface area (Å²) in [4.78, 5) is 26.1. The molecule has 1 aliphatic heterocycles. The summed E-state index contributed by atoms with van der Waals surface area (Å²) < 4.78 is 32.9. The van der Waals surface area contributed by atoms with Crippen molar-refractivity contribution in [3.05, 3.63) is 61.9 Å². The van der Waals surface area contributed by atoms with Crippen LogP contribution in [0.5, 0.6) is 0 Å². The molecule has 1 aliphatic carbocycles. The first-order valence-electron chi connectivity index (χ1n) is 11.6. The van der Waals surface area contributed by atoms with Crippen LogP contribution < -0.4 is 10.0 Å². The molecule has 0 saturated heterocycles. The lowest BCUT2D eigenvalue weighted by Gasteiger charge is -2.26.